The number of rotatable bonds is 4. The lowest BCUT2D eigenvalue weighted by molar-refractivity contribution is 0.0530. The normalized spacial score (nSPS) is 11.4. The van der Waals surface area contributed by atoms with Gasteiger partial charge < -0.3 is 15.2 Å². The molecule has 2 N–H and O–H groups in total. The van der Waals surface area contributed by atoms with Gasteiger partial charge in [-0.2, -0.15) is 0 Å². The summed E-state index contributed by atoms with van der Waals surface area (Å²) in [5, 5.41) is 13.6. The molecule has 0 saturated heterocycles. The standard InChI is InChI=1S/C22H23NO4S/c1-5-27-21(26)18-16-11-10-15(24)12-17(16)28-20(18)23-19(25)13-6-8-14(9-7-13)22(2,3)4/h6-12,24H,5H2,1-4H3,(H,23,25). The lowest BCUT2D eigenvalue weighted by Gasteiger charge is -2.19. The lowest BCUT2D eigenvalue weighted by atomic mass is 9.87. The SMILES string of the molecule is CCOC(=O)c1c(NC(=O)c2ccc(C(C)(C)C)cc2)sc2cc(O)ccc12. The third-order valence-corrected chi connectivity index (χ3v) is 5.46. The van der Waals surface area contributed by atoms with E-state index in [2.05, 4.69) is 26.1 Å². The van der Waals surface area contributed by atoms with Crippen molar-refractivity contribution in [3.63, 3.8) is 0 Å². The van der Waals surface area contributed by atoms with Crippen molar-refractivity contribution in [3.05, 3.63) is 59.2 Å². The van der Waals surface area contributed by atoms with E-state index in [4.69, 9.17) is 4.74 Å². The van der Waals surface area contributed by atoms with Crippen LogP contribution in [0.25, 0.3) is 10.1 Å². The third kappa shape index (κ3) is 4.02. The van der Waals surface area contributed by atoms with Gasteiger partial charge in [0.2, 0.25) is 0 Å². The molecule has 0 unspecified atom stereocenters. The Morgan fingerprint density at radius 2 is 1.79 bits per heavy atom. The van der Waals surface area contributed by atoms with E-state index in [1.807, 2.05) is 12.1 Å². The highest BCUT2D eigenvalue weighted by Crippen LogP contribution is 2.38. The van der Waals surface area contributed by atoms with Gasteiger partial charge in [0.05, 0.1) is 6.61 Å². The van der Waals surface area contributed by atoms with Crippen LogP contribution in [0.1, 0.15) is 54.0 Å². The summed E-state index contributed by atoms with van der Waals surface area (Å²) in [7, 11) is 0. The minimum atomic E-state index is -0.502. The Kier molecular flexibility index (Phi) is 5.42. The van der Waals surface area contributed by atoms with Crippen LogP contribution in [-0.4, -0.2) is 23.6 Å². The first kappa shape index (κ1) is 19.9. The number of hydrogen-bond acceptors (Lipinski definition) is 5. The summed E-state index contributed by atoms with van der Waals surface area (Å²) in [6.45, 7) is 8.30. The highest BCUT2D eigenvalue weighted by molar-refractivity contribution is 7.23. The number of fused-ring (bicyclic) bond motifs is 1. The summed E-state index contributed by atoms with van der Waals surface area (Å²) in [4.78, 5) is 25.2. The molecule has 3 rings (SSSR count). The fourth-order valence-electron chi connectivity index (χ4n) is 2.88. The van der Waals surface area contributed by atoms with Crippen LogP contribution < -0.4 is 5.32 Å². The van der Waals surface area contributed by atoms with Gasteiger partial charge in [-0.1, -0.05) is 32.9 Å². The molecule has 6 heteroatoms. The summed E-state index contributed by atoms with van der Waals surface area (Å²) >= 11 is 1.23. The Morgan fingerprint density at radius 1 is 1.11 bits per heavy atom. The van der Waals surface area contributed by atoms with Gasteiger partial charge in [-0.3, -0.25) is 4.79 Å². The van der Waals surface area contributed by atoms with Crippen LogP contribution in [0.15, 0.2) is 42.5 Å². The number of amides is 1. The van der Waals surface area contributed by atoms with Gasteiger partial charge in [0.25, 0.3) is 5.91 Å². The molecule has 0 fully saturated rings. The first-order valence-corrected chi connectivity index (χ1v) is 9.87. The molecule has 0 bridgehead atoms. The first-order valence-electron chi connectivity index (χ1n) is 9.05. The van der Waals surface area contributed by atoms with Crippen LogP contribution in [-0.2, 0) is 10.2 Å². The summed E-state index contributed by atoms with van der Waals surface area (Å²) in [6, 6.07) is 12.2. The molecule has 0 aliphatic carbocycles. The van der Waals surface area contributed by atoms with Crippen molar-refractivity contribution in [1.82, 2.24) is 0 Å². The number of esters is 1. The summed E-state index contributed by atoms with van der Waals surface area (Å²) in [5.41, 5.74) is 1.94. The molecule has 3 aromatic rings. The number of benzene rings is 2. The number of anilines is 1. The summed E-state index contributed by atoms with van der Waals surface area (Å²) in [6.07, 6.45) is 0. The van der Waals surface area contributed by atoms with Crippen molar-refractivity contribution >= 4 is 38.3 Å². The molecule has 1 amide bonds. The topological polar surface area (TPSA) is 75.6 Å². The van der Waals surface area contributed by atoms with Gasteiger partial charge in [0.15, 0.2) is 0 Å². The Morgan fingerprint density at radius 3 is 2.39 bits per heavy atom. The summed E-state index contributed by atoms with van der Waals surface area (Å²) in [5.74, 6) is -0.709. The van der Waals surface area contributed by atoms with Crippen LogP contribution in [0, 0.1) is 0 Å². The Bertz CT molecular complexity index is 1030. The lowest BCUT2D eigenvalue weighted by Crippen LogP contribution is -2.15. The zero-order valence-electron chi connectivity index (χ0n) is 16.3. The maximum atomic E-state index is 12.7. The van der Waals surface area contributed by atoms with Crippen molar-refractivity contribution in [2.45, 2.75) is 33.1 Å². The number of thiophene rings is 1. The number of ether oxygens (including phenoxy) is 1. The predicted molar refractivity (Wildman–Crippen MR) is 113 cm³/mol. The van der Waals surface area contributed by atoms with Gasteiger partial charge >= 0.3 is 5.97 Å². The average molecular weight is 397 g/mol. The number of hydrogen-bond donors (Lipinski definition) is 2. The van der Waals surface area contributed by atoms with E-state index in [0.717, 1.165) is 5.56 Å². The fourth-order valence-corrected chi connectivity index (χ4v) is 3.99. The number of carbonyl (C=O) groups is 2. The van der Waals surface area contributed by atoms with Gasteiger partial charge in [-0.25, -0.2) is 4.79 Å². The molecule has 0 atom stereocenters. The van der Waals surface area contributed by atoms with Crippen molar-refractivity contribution < 1.29 is 19.4 Å². The quantitative estimate of drug-likeness (QED) is 0.583. The third-order valence-electron chi connectivity index (χ3n) is 4.39. The average Bonchev–Trinajstić information content (AvgIpc) is 2.98. The zero-order valence-corrected chi connectivity index (χ0v) is 17.1. The van der Waals surface area contributed by atoms with Crippen LogP contribution in [0.4, 0.5) is 5.00 Å². The van der Waals surface area contributed by atoms with E-state index in [1.54, 1.807) is 31.2 Å². The molecular weight excluding hydrogens is 374 g/mol. The molecule has 5 nitrogen and oxygen atoms in total. The molecule has 0 radical (unpaired) electrons. The van der Waals surface area contributed by atoms with Gasteiger partial charge in [-0.15, -0.1) is 11.3 Å². The molecule has 146 valence electrons. The monoisotopic (exact) mass is 397 g/mol. The molecule has 0 spiro atoms. The van der Waals surface area contributed by atoms with Gasteiger partial charge in [0.1, 0.15) is 16.3 Å². The first-order chi connectivity index (χ1) is 13.2. The van der Waals surface area contributed by atoms with E-state index in [9.17, 15) is 14.7 Å². The van der Waals surface area contributed by atoms with Crippen LogP contribution in [0.5, 0.6) is 5.75 Å². The molecule has 1 heterocycles. The van der Waals surface area contributed by atoms with E-state index < -0.39 is 5.97 Å². The molecule has 28 heavy (non-hydrogen) atoms. The highest BCUT2D eigenvalue weighted by Gasteiger charge is 2.22. The van der Waals surface area contributed by atoms with E-state index in [1.165, 1.54) is 17.4 Å². The van der Waals surface area contributed by atoms with Crippen molar-refractivity contribution in [1.29, 1.82) is 0 Å². The second-order valence-electron chi connectivity index (χ2n) is 7.49. The second kappa shape index (κ2) is 7.64. The number of nitrogens with one attached hydrogen (secondary N) is 1. The molecule has 0 saturated carbocycles. The molecule has 0 aliphatic rings. The van der Waals surface area contributed by atoms with E-state index >= 15 is 0 Å². The number of phenols is 1. The molecular formula is C22H23NO4S. The van der Waals surface area contributed by atoms with Crippen LogP contribution in [0.2, 0.25) is 0 Å². The zero-order chi connectivity index (χ0) is 20.5. The van der Waals surface area contributed by atoms with Crippen molar-refractivity contribution in [2.75, 3.05) is 11.9 Å². The molecule has 2 aromatic carbocycles. The van der Waals surface area contributed by atoms with E-state index in [0.29, 0.717) is 26.2 Å². The summed E-state index contributed by atoms with van der Waals surface area (Å²) < 4.78 is 5.86. The second-order valence-corrected chi connectivity index (χ2v) is 8.54. The van der Waals surface area contributed by atoms with Gasteiger partial charge in [-0.05, 0) is 48.2 Å². The molecule has 1 aromatic heterocycles. The number of aromatic hydroxyl groups is 1. The van der Waals surface area contributed by atoms with Gasteiger partial charge in [0, 0.05) is 15.6 Å². The van der Waals surface area contributed by atoms with E-state index in [-0.39, 0.29) is 23.7 Å². The number of phenolic OH excluding ortho intramolecular Hbond substituents is 1. The maximum absolute atomic E-state index is 12.7. The predicted octanol–water partition coefficient (Wildman–Crippen LogP) is 5.33. The van der Waals surface area contributed by atoms with Crippen LogP contribution in [0.3, 0.4) is 0 Å². The Balaban J connectivity index is 1.95. The Labute approximate surface area is 168 Å². The van der Waals surface area contributed by atoms with Crippen molar-refractivity contribution in [2.24, 2.45) is 0 Å². The highest BCUT2D eigenvalue weighted by atomic mass is 32.1. The minimum absolute atomic E-state index is 0.000432. The maximum Gasteiger partial charge on any atom is 0.341 e. The van der Waals surface area contributed by atoms with Crippen LogP contribution >= 0.6 is 11.3 Å². The number of carbonyl (C=O) groups excluding carboxylic acids is 2. The Hall–Kier alpha value is -2.86. The molecule has 0 aliphatic heterocycles. The minimum Gasteiger partial charge on any atom is -0.508 e. The largest absolute Gasteiger partial charge is 0.508 e. The fraction of sp³-hybridized carbons (Fsp3) is 0.273. The van der Waals surface area contributed by atoms with Crippen molar-refractivity contribution in [3.8, 4) is 5.75 Å². The smallest absolute Gasteiger partial charge is 0.341 e.